The molecule has 0 N–H and O–H groups in total. The average molecular weight is 1060 g/mol. The molecule has 0 aliphatic heterocycles. The molecule has 0 spiro atoms. The van der Waals surface area contributed by atoms with E-state index in [1.807, 2.05) is 0 Å². The third-order valence-corrected chi connectivity index (χ3v) is 16.4. The van der Waals surface area contributed by atoms with Gasteiger partial charge in [0, 0.05) is 19.3 Å². The van der Waals surface area contributed by atoms with Gasteiger partial charge < -0.3 is 14.2 Å². The van der Waals surface area contributed by atoms with Crippen LogP contribution in [0, 0.1) is 5.92 Å². The van der Waals surface area contributed by atoms with E-state index in [4.69, 9.17) is 14.2 Å². The highest BCUT2D eigenvalue weighted by Crippen LogP contribution is 2.20. The first-order valence-electron chi connectivity index (χ1n) is 34.4. The van der Waals surface area contributed by atoms with Crippen LogP contribution in [0.5, 0.6) is 0 Å². The van der Waals surface area contributed by atoms with Crippen molar-refractivity contribution in [2.45, 2.75) is 406 Å². The van der Waals surface area contributed by atoms with Gasteiger partial charge in [-0.1, -0.05) is 362 Å². The van der Waals surface area contributed by atoms with E-state index < -0.39 is 6.10 Å². The van der Waals surface area contributed by atoms with Gasteiger partial charge >= 0.3 is 17.9 Å². The molecule has 0 radical (unpaired) electrons. The predicted molar refractivity (Wildman–Crippen MR) is 326 cm³/mol. The number of hydrogen-bond donors (Lipinski definition) is 0. The summed E-state index contributed by atoms with van der Waals surface area (Å²) in [4.78, 5) is 38.4. The van der Waals surface area contributed by atoms with Crippen LogP contribution in [0.15, 0.2) is 0 Å². The Balaban J connectivity index is 4.26. The molecular weight excluding hydrogens is 925 g/mol. The van der Waals surface area contributed by atoms with Crippen molar-refractivity contribution in [2.24, 2.45) is 5.92 Å². The summed E-state index contributed by atoms with van der Waals surface area (Å²) in [6.07, 6.45) is 72.5. The lowest BCUT2D eigenvalue weighted by molar-refractivity contribution is -0.167. The molecule has 446 valence electrons. The van der Waals surface area contributed by atoms with Crippen molar-refractivity contribution in [3.63, 3.8) is 0 Å². The van der Waals surface area contributed by atoms with Crippen LogP contribution in [-0.2, 0) is 28.6 Å². The molecule has 1 unspecified atom stereocenters. The molecule has 0 rings (SSSR count). The average Bonchev–Trinajstić information content (AvgIpc) is 3.41. The Bertz CT molecular complexity index is 1140. The van der Waals surface area contributed by atoms with Crippen molar-refractivity contribution in [1.29, 1.82) is 0 Å². The summed E-state index contributed by atoms with van der Waals surface area (Å²) in [7, 11) is 0. The summed E-state index contributed by atoms with van der Waals surface area (Å²) in [6, 6.07) is 0. The molecule has 0 aliphatic carbocycles. The topological polar surface area (TPSA) is 78.9 Å². The highest BCUT2D eigenvalue weighted by atomic mass is 16.6. The van der Waals surface area contributed by atoms with E-state index in [1.165, 1.54) is 295 Å². The van der Waals surface area contributed by atoms with E-state index in [-0.39, 0.29) is 31.1 Å². The molecule has 6 heteroatoms. The van der Waals surface area contributed by atoms with E-state index in [9.17, 15) is 14.4 Å². The Labute approximate surface area is 469 Å². The summed E-state index contributed by atoms with van der Waals surface area (Å²) >= 11 is 0. The fourth-order valence-corrected chi connectivity index (χ4v) is 10.8. The number of carbonyl (C=O) groups excluding carboxylic acids is 3. The van der Waals surface area contributed by atoms with Crippen LogP contribution in [-0.4, -0.2) is 37.2 Å². The van der Waals surface area contributed by atoms with Gasteiger partial charge in [0.15, 0.2) is 6.10 Å². The minimum Gasteiger partial charge on any atom is -0.462 e. The first kappa shape index (κ1) is 73.4. The maximum Gasteiger partial charge on any atom is 0.306 e. The zero-order chi connectivity index (χ0) is 54.4. The highest BCUT2D eigenvalue weighted by Gasteiger charge is 2.19. The van der Waals surface area contributed by atoms with Gasteiger partial charge in [-0.15, -0.1) is 0 Å². The van der Waals surface area contributed by atoms with E-state index in [0.717, 1.165) is 63.7 Å². The quantitative estimate of drug-likeness (QED) is 0.0343. The minimum atomic E-state index is -0.763. The third-order valence-electron chi connectivity index (χ3n) is 16.4. The van der Waals surface area contributed by atoms with Crippen molar-refractivity contribution < 1.29 is 28.6 Å². The lowest BCUT2D eigenvalue weighted by Crippen LogP contribution is -2.30. The molecule has 0 saturated carbocycles. The summed E-state index contributed by atoms with van der Waals surface area (Å²) < 4.78 is 17.0. The molecular formula is C69H134O6. The minimum absolute atomic E-state index is 0.0607. The molecule has 0 saturated heterocycles. The van der Waals surface area contributed by atoms with Gasteiger partial charge in [-0.2, -0.15) is 0 Å². The zero-order valence-corrected chi connectivity index (χ0v) is 51.5. The maximum absolute atomic E-state index is 12.9. The lowest BCUT2D eigenvalue weighted by Gasteiger charge is -2.18. The predicted octanol–water partition coefficient (Wildman–Crippen LogP) is 23.3. The Kier molecular flexibility index (Phi) is 61.9. The zero-order valence-electron chi connectivity index (χ0n) is 51.5. The van der Waals surface area contributed by atoms with Crippen LogP contribution in [0.1, 0.15) is 400 Å². The smallest absolute Gasteiger partial charge is 0.306 e. The summed E-state index contributed by atoms with van der Waals surface area (Å²) in [5, 5.41) is 0. The molecule has 0 aliphatic rings. The first-order chi connectivity index (χ1) is 36.9. The van der Waals surface area contributed by atoms with E-state index in [0.29, 0.717) is 19.3 Å². The third kappa shape index (κ3) is 61.5. The summed E-state index contributed by atoms with van der Waals surface area (Å²) in [6.45, 7) is 9.15. The molecule has 0 aromatic carbocycles. The monoisotopic (exact) mass is 1060 g/mol. The van der Waals surface area contributed by atoms with Gasteiger partial charge in [0.25, 0.3) is 0 Å². The molecule has 0 heterocycles. The van der Waals surface area contributed by atoms with Gasteiger partial charge in [-0.25, -0.2) is 0 Å². The molecule has 0 bridgehead atoms. The Hall–Kier alpha value is -1.59. The first-order valence-corrected chi connectivity index (χ1v) is 34.4. The summed E-state index contributed by atoms with van der Waals surface area (Å²) in [5.74, 6) is 0.0884. The Morgan fingerprint density at radius 1 is 0.267 bits per heavy atom. The number of esters is 3. The second-order valence-corrected chi connectivity index (χ2v) is 24.1. The highest BCUT2D eigenvalue weighted by molar-refractivity contribution is 5.71. The standard InChI is InChI=1S/C69H134O6/c1-5-8-10-12-14-16-18-20-22-24-29-34-38-42-46-50-54-58-62-69(72)75-66(63-73-67(70)60-56-52-48-44-40-36-32-27-23-21-19-17-15-13-11-9-6-2)64-74-68(71)61-57-53-49-45-41-37-33-30-26-25-28-31-35-39-43-47-51-55-59-65(4)7-3/h65-66H,5-64H2,1-4H3/t65?,66-/m1/s1. The molecule has 0 aromatic rings. The lowest BCUT2D eigenvalue weighted by atomic mass is 9.99. The number of carbonyl (C=O) groups is 3. The van der Waals surface area contributed by atoms with Gasteiger partial charge in [-0.3, -0.25) is 14.4 Å². The van der Waals surface area contributed by atoms with Crippen molar-refractivity contribution in [3.05, 3.63) is 0 Å². The van der Waals surface area contributed by atoms with Crippen LogP contribution in [0.4, 0.5) is 0 Å². The molecule has 0 aromatic heterocycles. The van der Waals surface area contributed by atoms with Crippen molar-refractivity contribution in [3.8, 4) is 0 Å². The normalized spacial score (nSPS) is 12.3. The van der Waals surface area contributed by atoms with Crippen LogP contribution in [0.3, 0.4) is 0 Å². The van der Waals surface area contributed by atoms with E-state index in [2.05, 4.69) is 27.7 Å². The fourth-order valence-electron chi connectivity index (χ4n) is 10.8. The van der Waals surface area contributed by atoms with Crippen LogP contribution in [0.2, 0.25) is 0 Å². The number of unbranched alkanes of at least 4 members (excludes halogenated alkanes) is 50. The molecule has 2 atom stereocenters. The van der Waals surface area contributed by atoms with E-state index >= 15 is 0 Å². The second kappa shape index (κ2) is 63.2. The van der Waals surface area contributed by atoms with Gasteiger partial charge in [0.1, 0.15) is 13.2 Å². The number of hydrogen-bond acceptors (Lipinski definition) is 6. The Morgan fingerprint density at radius 3 is 0.693 bits per heavy atom. The van der Waals surface area contributed by atoms with Gasteiger partial charge in [0.05, 0.1) is 0 Å². The largest absolute Gasteiger partial charge is 0.462 e. The van der Waals surface area contributed by atoms with E-state index in [1.54, 1.807) is 0 Å². The van der Waals surface area contributed by atoms with Crippen LogP contribution in [0.25, 0.3) is 0 Å². The molecule has 75 heavy (non-hydrogen) atoms. The number of rotatable bonds is 64. The second-order valence-electron chi connectivity index (χ2n) is 24.1. The fraction of sp³-hybridized carbons (Fsp3) is 0.957. The number of ether oxygens (including phenoxy) is 3. The molecule has 0 fully saturated rings. The summed E-state index contributed by atoms with van der Waals surface area (Å²) in [5.41, 5.74) is 0. The van der Waals surface area contributed by atoms with Crippen LogP contribution < -0.4 is 0 Å². The molecule has 6 nitrogen and oxygen atoms in total. The molecule has 0 amide bonds. The maximum atomic E-state index is 12.9. The van der Waals surface area contributed by atoms with Gasteiger partial charge in [0.2, 0.25) is 0 Å². The van der Waals surface area contributed by atoms with Crippen LogP contribution >= 0.6 is 0 Å². The van der Waals surface area contributed by atoms with Crippen molar-refractivity contribution in [2.75, 3.05) is 13.2 Å². The van der Waals surface area contributed by atoms with Crippen molar-refractivity contribution in [1.82, 2.24) is 0 Å². The SMILES string of the molecule is CCCCCCCCCCCCCCCCCCCCC(=O)O[C@H](COC(=O)CCCCCCCCCCCCCCCCCCC)COC(=O)CCCCCCCCCCCCCCCCCCCCC(C)CC. The van der Waals surface area contributed by atoms with Crippen molar-refractivity contribution >= 4 is 17.9 Å². The Morgan fingerprint density at radius 2 is 0.467 bits per heavy atom. The van der Waals surface area contributed by atoms with Gasteiger partial charge in [-0.05, 0) is 25.2 Å².